The first kappa shape index (κ1) is 19.2. The number of hydrogen-bond acceptors (Lipinski definition) is 4. The number of benzene rings is 1. The lowest BCUT2D eigenvalue weighted by Gasteiger charge is -2.11. The van der Waals surface area contributed by atoms with Crippen LogP contribution in [0, 0.1) is 6.92 Å². The van der Waals surface area contributed by atoms with Gasteiger partial charge in [0.25, 0.3) is 5.56 Å². The summed E-state index contributed by atoms with van der Waals surface area (Å²) in [7, 11) is 0. The van der Waals surface area contributed by atoms with E-state index in [0.717, 1.165) is 28.6 Å². The van der Waals surface area contributed by atoms with Crippen LogP contribution in [0.15, 0.2) is 47.5 Å². The van der Waals surface area contributed by atoms with Crippen molar-refractivity contribution in [2.45, 2.75) is 13.1 Å². The topological polar surface area (TPSA) is 57.0 Å². The van der Waals surface area contributed by atoms with Gasteiger partial charge in [-0.15, -0.1) is 0 Å². The fourth-order valence-corrected chi connectivity index (χ4v) is 2.58. The van der Waals surface area contributed by atoms with E-state index in [4.69, 9.17) is 27.9 Å². The first-order valence-corrected chi connectivity index (χ1v) is 8.18. The number of aromatic nitrogens is 3. The molecular formula is C17H10Cl2F3N3O2. The Morgan fingerprint density at radius 3 is 2.41 bits per heavy atom. The number of halogens is 5. The van der Waals surface area contributed by atoms with Crippen molar-refractivity contribution in [1.29, 1.82) is 0 Å². The van der Waals surface area contributed by atoms with Crippen LogP contribution in [0.3, 0.4) is 0 Å². The predicted molar refractivity (Wildman–Crippen MR) is 93.9 cm³/mol. The average molecular weight is 416 g/mol. The molecule has 0 amide bonds. The molecule has 0 atom stereocenters. The number of pyridine rings is 1. The normalized spacial score (nSPS) is 11.5. The molecule has 0 radical (unpaired) electrons. The van der Waals surface area contributed by atoms with Crippen LogP contribution in [0.5, 0.6) is 11.5 Å². The molecule has 0 saturated heterocycles. The first-order valence-electron chi connectivity index (χ1n) is 7.42. The Morgan fingerprint density at radius 1 is 1.07 bits per heavy atom. The highest BCUT2D eigenvalue weighted by molar-refractivity contribution is 6.32. The molecule has 0 aliphatic carbocycles. The molecule has 2 aromatic heterocycles. The molecule has 5 nitrogen and oxygen atoms in total. The minimum Gasteiger partial charge on any atom is -0.452 e. The molecule has 27 heavy (non-hydrogen) atoms. The van der Waals surface area contributed by atoms with Crippen LogP contribution in [-0.4, -0.2) is 14.8 Å². The minimum absolute atomic E-state index is 0.0458. The van der Waals surface area contributed by atoms with E-state index in [1.54, 1.807) is 18.2 Å². The van der Waals surface area contributed by atoms with Crippen LogP contribution in [0.1, 0.15) is 11.1 Å². The van der Waals surface area contributed by atoms with Crippen LogP contribution >= 0.6 is 23.2 Å². The molecule has 0 unspecified atom stereocenters. The highest BCUT2D eigenvalue weighted by Crippen LogP contribution is 2.32. The maximum atomic E-state index is 12.6. The summed E-state index contributed by atoms with van der Waals surface area (Å²) in [6.07, 6.45) is -2.78. The van der Waals surface area contributed by atoms with Gasteiger partial charge in [0.05, 0.1) is 16.8 Å². The Balaban J connectivity index is 1.94. The van der Waals surface area contributed by atoms with E-state index < -0.39 is 17.3 Å². The summed E-state index contributed by atoms with van der Waals surface area (Å²) in [5, 5.41) is 3.86. The van der Waals surface area contributed by atoms with Gasteiger partial charge in [0.2, 0.25) is 0 Å². The van der Waals surface area contributed by atoms with Crippen molar-refractivity contribution in [2.24, 2.45) is 0 Å². The van der Waals surface area contributed by atoms with Crippen LogP contribution in [0.2, 0.25) is 10.0 Å². The highest BCUT2D eigenvalue weighted by atomic mass is 35.5. The van der Waals surface area contributed by atoms with Crippen molar-refractivity contribution in [2.75, 3.05) is 0 Å². The van der Waals surface area contributed by atoms with Gasteiger partial charge in [-0.1, -0.05) is 29.3 Å². The van der Waals surface area contributed by atoms with Crippen molar-refractivity contribution >= 4 is 23.2 Å². The van der Waals surface area contributed by atoms with Gasteiger partial charge in [-0.05, 0) is 36.8 Å². The molecule has 3 aromatic rings. The van der Waals surface area contributed by atoms with Crippen molar-refractivity contribution < 1.29 is 17.9 Å². The second-order valence-electron chi connectivity index (χ2n) is 5.48. The molecule has 0 fully saturated rings. The average Bonchev–Trinajstić information content (AvgIpc) is 2.60. The Bertz CT molecular complexity index is 1050. The largest absolute Gasteiger partial charge is 0.452 e. The Morgan fingerprint density at radius 2 is 1.81 bits per heavy atom. The minimum atomic E-state index is -4.54. The van der Waals surface area contributed by atoms with Crippen LogP contribution in [-0.2, 0) is 6.18 Å². The number of hydrogen-bond donors (Lipinski definition) is 0. The second kappa shape index (κ2) is 7.21. The summed E-state index contributed by atoms with van der Waals surface area (Å²) in [5.41, 5.74) is -0.829. The van der Waals surface area contributed by atoms with Gasteiger partial charge < -0.3 is 4.74 Å². The third-order valence-electron chi connectivity index (χ3n) is 3.49. The number of alkyl halides is 3. The zero-order valence-corrected chi connectivity index (χ0v) is 15.1. The van der Waals surface area contributed by atoms with E-state index in [0.29, 0.717) is 11.2 Å². The van der Waals surface area contributed by atoms with Crippen LogP contribution in [0.25, 0.3) is 5.82 Å². The SMILES string of the molecule is Cc1ccc(Oc2cnn(-c3ccc(C(F)(F)F)cn3)c(=O)c2Cl)c(Cl)c1. The number of nitrogens with zero attached hydrogens (tertiary/aromatic N) is 3. The molecule has 10 heteroatoms. The van der Waals surface area contributed by atoms with Gasteiger partial charge in [-0.2, -0.15) is 23.0 Å². The summed E-state index contributed by atoms with van der Waals surface area (Å²) in [4.78, 5) is 16.0. The van der Waals surface area contributed by atoms with Gasteiger partial charge in [-0.25, -0.2) is 4.98 Å². The molecule has 0 spiro atoms. The maximum absolute atomic E-state index is 12.6. The van der Waals surface area contributed by atoms with Crippen LogP contribution in [0.4, 0.5) is 13.2 Å². The summed E-state index contributed by atoms with van der Waals surface area (Å²) >= 11 is 12.1. The fourth-order valence-electron chi connectivity index (χ4n) is 2.14. The van der Waals surface area contributed by atoms with Gasteiger partial charge in [0, 0.05) is 6.20 Å². The van der Waals surface area contributed by atoms with E-state index in [1.807, 2.05) is 6.92 Å². The first-order chi connectivity index (χ1) is 12.7. The van der Waals surface area contributed by atoms with E-state index in [-0.39, 0.29) is 22.3 Å². The molecule has 0 bridgehead atoms. The molecule has 140 valence electrons. The standard InChI is InChI=1S/C17H10Cl2F3N3O2/c1-9-2-4-12(11(18)6-9)27-13-8-24-25(16(26)15(13)19)14-5-3-10(7-23-14)17(20,21)22/h2-8H,1H3. The smallest absolute Gasteiger partial charge is 0.417 e. The third kappa shape index (κ3) is 4.06. The zero-order chi connectivity index (χ0) is 19.8. The van der Waals surface area contributed by atoms with E-state index in [2.05, 4.69) is 10.1 Å². The molecule has 1 aromatic carbocycles. The zero-order valence-electron chi connectivity index (χ0n) is 13.6. The lowest BCUT2D eigenvalue weighted by Crippen LogP contribution is -2.23. The van der Waals surface area contributed by atoms with Gasteiger partial charge >= 0.3 is 6.18 Å². The van der Waals surface area contributed by atoms with Crippen molar-refractivity contribution in [3.63, 3.8) is 0 Å². The third-order valence-corrected chi connectivity index (χ3v) is 4.13. The summed E-state index contributed by atoms with van der Waals surface area (Å²) < 4.78 is 44.1. The van der Waals surface area contributed by atoms with Gasteiger partial charge in [-0.3, -0.25) is 4.79 Å². The molecule has 0 aliphatic rings. The predicted octanol–water partition coefficient (Wildman–Crippen LogP) is 5.05. The van der Waals surface area contributed by atoms with Crippen molar-refractivity contribution in [3.05, 3.63) is 74.3 Å². The summed E-state index contributed by atoms with van der Waals surface area (Å²) in [6.45, 7) is 1.85. The van der Waals surface area contributed by atoms with E-state index in [9.17, 15) is 18.0 Å². The highest BCUT2D eigenvalue weighted by Gasteiger charge is 2.30. The number of aryl methyl sites for hydroxylation is 1. The Hall–Kier alpha value is -2.58. The fraction of sp³-hybridized carbons (Fsp3) is 0.118. The van der Waals surface area contributed by atoms with E-state index in [1.165, 1.54) is 0 Å². The summed E-state index contributed by atoms with van der Waals surface area (Å²) in [6, 6.07) is 6.85. The van der Waals surface area contributed by atoms with Crippen molar-refractivity contribution in [3.8, 4) is 17.3 Å². The van der Waals surface area contributed by atoms with Crippen LogP contribution < -0.4 is 10.3 Å². The van der Waals surface area contributed by atoms with Gasteiger partial charge in [0.1, 0.15) is 5.75 Å². The quantitative estimate of drug-likeness (QED) is 0.600. The second-order valence-corrected chi connectivity index (χ2v) is 6.26. The Kier molecular flexibility index (Phi) is 5.12. The molecule has 0 aliphatic heterocycles. The Labute approximate surface area is 160 Å². The number of ether oxygens (including phenoxy) is 1. The summed E-state index contributed by atoms with van der Waals surface area (Å²) in [5.74, 6) is 0.112. The van der Waals surface area contributed by atoms with Crippen molar-refractivity contribution in [1.82, 2.24) is 14.8 Å². The monoisotopic (exact) mass is 415 g/mol. The maximum Gasteiger partial charge on any atom is 0.417 e. The lowest BCUT2D eigenvalue weighted by molar-refractivity contribution is -0.137. The molecule has 3 rings (SSSR count). The number of rotatable bonds is 3. The molecule has 0 saturated carbocycles. The van der Waals surface area contributed by atoms with E-state index >= 15 is 0 Å². The molecule has 0 N–H and O–H groups in total. The molecule has 2 heterocycles. The lowest BCUT2D eigenvalue weighted by atomic mass is 10.2. The van der Waals surface area contributed by atoms with Gasteiger partial charge in [0.15, 0.2) is 16.6 Å². The molecular weight excluding hydrogens is 406 g/mol.